The van der Waals surface area contributed by atoms with Crippen LogP contribution in [0.1, 0.15) is 50.8 Å². The summed E-state index contributed by atoms with van der Waals surface area (Å²) in [5.41, 5.74) is 2.62. The van der Waals surface area contributed by atoms with Crippen LogP contribution in [-0.2, 0) is 11.0 Å². The van der Waals surface area contributed by atoms with E-state index in [0.717, 1.165) is 28.7 Å². The summed E-state index contributed by atoms with van der Waals surface area (Å²) < 4.78 is 5.89. The Morgan fingerprint density at radius 3 is 2.62 bits per heavy atom. The Kier molecular flexibility index (Phi) is 3.07. The molecule has 0 bridgehead atoms. The van der Waals surface area contributed by atoms with Gasteiger partial charge in [0.15, 0.2) is 0 Å². The topological polar surface area (TPSA) is 29.5 Å². The number of hydrogen-bond acceptors (Lipinski definition) is 2. The predicted molar refractivity (Wildman–Crippen MR) is 87.1 cm³/mol. The summed E-state index contributed by atoms with van der Waals surface area (Å²) in [6.07, 6.45) is 1.07. The van der Waals surface area contributed by atoms with Crippen molar-refractivity contribution in [2.45, 2.75) is 52.1 Å². The molecule has 2 aromatic carbocycles. The van der Waals surface area contributed by atoms with Gasteiger partial charge in [-0.2, -0.15) is 0 Å². The van der Waals surface area contributed by atoms with Crippen LogP contribution < -0.4 is 4.74 Å². The van der Waals surface area contributed by atoms with E-state index >= 15 is 0 Å². The van der Waals surface area contributed by atoms with Gasteiger partial charge in [0.25, 0.3) is 0 Å². The molecule has 1 unspecified atom stereocenters. The number of hydrogen-bond donors (Lipinski definition) is 1. The predicted octanol–water partition coefficient (Wildman–Crippen LogP) is 4.44. The van der Waals surface area contributed by atoms with Crippen molar-refractivity contribution in [1.82, 2.24) is 0 Å². The zero-order chi connectivity index (χ0) is 15.4. The summed E-state index contributed by atoms with van der Waals surface area (Å²) >= 11 is 0. The van der Waals surface area contributed by atoms with Gasteiger partial charge in [0.05, 0.1) is 0 Å². The van der Waals surface area contributed by atoms with Gasteiger partial charge >= 0.3 is 0 Å². The highest BCUT2D eigenvalue weighted by Gasteiger charge is 2.34. The van der Waals surface area contributed by atoms with Crippen molar-refractivity contribution < 1.29 is 9.84 Å². The fourth-order valence-electron chi connectivity index (χ4n) is 3.22. The molecule has 0 aromatic heterocycles. The number of rotatable bonds is 2. The molecular weight excluding hydrogens is 260 g/mol. The highest BCUT2D eigenvalue weighted by Crippen LogP contribution is 2.45. The zero-order valence-electron chi connectivity index (χ0n) is 13.6. The molecule has 0 spiro atoms. The fraction of sp³-hybridized carbons (Fsp3) is 0.474. The van der Waals surface area contributed by atoms with Crippen molar-refractivity contribution in [3.63, 3.8) is 0 Å². The normalized spacial score (nSPS) is 21.4. The summed E-state index contributed by atoms with van der Waals surface area (Å²) in [5, 5.41) is 13.0. The minimum atomic E-state index is -0.923. The Balaban J connectivity index is 2.43. The minimum absolute atomic E-state index is 0.106. The molecule has 0 saturated carbocycles. The average molecular weight is 284 g/mol. The third kappa shape index (κ3) is 2.04. The number of benzene rings is 2. The van der Waals surface area contributed by atoms with Crippen molar-refractivity contribution in [3.05, 3.63) is 41.0 Å². The van der Waals surface area contributed by atoms with Crippen molar-refractivity contribution >= 4 is 10.8 Å². The summed E-state index contributed by atoms with van der Waals surface area (Å²) in [5.74, 6) is 0.933. The van der Waals surface area contributed by atoms with Crippen LogP contribution in [0.4, 0.5) is 0 Å². The van der Waals surface area contributed by atoms with Crippen molar-refractivity contribution in [1.29, 1.82) is 0 Å². The molecule has 3 rings (SSSR count). The maximum Gasteiger partial charge on any atom is 0.130 e. The maximum atomic E-state index is 10.7. The van der Waals surface area contributed by atoms with E-state index in [0.29, 0.717) is 6.61 Å². The quantitative estimate of drug-likeness (QED) is 0.883. The lowest BCUT2D eigenvalue weighted by Gasteiger charge is -2.34. The van der Waals surface area contributed by atoms with Crippen molar-refractivity contribution in [3.8, 4) is 5.75 Å². The molecule has 1 aliphatic heterocycles. The van der Waals surface area contributed by atoms with Crippen LogP contribution in [0.15, 0.2) is 24.3 Å². The minimum Gasteiger partial charge on any atom is -0.489 e. The molecule has 2 nitrogen and oxygen atoms in total. The molecule has 2 aromatic rings. The Bertz CT molecular complexity index is 711. The van der Waals surface area contributed by atoms with E-state index in [9.17, 15) is 5.11 Å². The van der Waals surface area contributed by atoms with Gasteiger partial charge in [-0.15, -0.1) is 0 Å². The average Bonchev–Trinajstić information content (AvgIpc) is 2.44. The van der Waals surface area contributed by atoms with E-state index in [1.807, 2.05) is 6.92 Å². The van der Waals surface area contributed by atoms with Crippen LogP contribution in [0.25, 0.3) is 10.8 Å². The van der Waals surface area contributed by atoms with Crippen molar-refractivity contribution in [2.75, 3.05) is 6.61 Å². The lowest BCUT2D eigenvalue weighted by atomic mass is 9.77. The number of aliphatic hydroxyl groups is 1. The SMILES string of the molecule is CCC(C)(C)c1ccc2c3c(c(C)ccc13)OCC2(C)O. The molecule has 0 amide bonds. The molecule has 1 atom stereocenters. The second-order valence-corrected chi connectivity index (χ2v) is 7.09. The molecule has 112 valence electrons. The first kappa shape index (κ1) is 14.4. The third-order valence-electron chi connectivity index (χ3n) is 5.02. The Labute approximate surface area is 126 Å². The van der Waals surface area contributed by atoms with E-state index in [1.165, 1.54) is 10.9 Å². The van der Waals surface area contributed by atoms with Crippen LogP contribution in [0.3, 0.4) is 0 Å². The van der Waals surface area contributed by atoms with Gasteiger partial charge in [-0.1, -0.05) is 45.0 Å². The molecular formula is C19H24O2. The molecule has 2 heteroatoms. The molecule has 1 aliphatic rings. The Morgan fingerprint density at radius 1 is 1.24 bits per heavy atom. The second-order valence-electron chi connectivity index (χ2n) is 7.09. The third-order valence-corrected chi connectivity index (χ3v) is 5.02. The Hall–Kier alpha value is -1.54. The smallest absolute Gasteiger partial charge is 0.130 e. The van der Waals surface area contributed by atoms with Crippen LogP contribution in [0.2, 0.25) is 0 Å². The van der Waals surface area contributed by atoms with Crippen LogP contribution >= 0.6 is 0 Å². The van der Waals surface area contributed by atoms with Gasteiger partial charge in [-0.25, -0.2) is 0 Å². The fourth-order valence-corrected chi connectivity index (χ4v) is 3.22. The molecule has 1 heterocycles. The van der Waals surface area contributed by atoms with E-state index < -0.39 is 5.60 Å². The standard InChI is InChI=1S/C19H24O2/c1-6-18(3,4)14-9-10-15-16-13(14)8-7-12(2)17(16)21-11-19(15,5)20/h7-10,20H,6,11H2,1-5H3. The molecule has 0 fully saturated rings. The monoisotopic (exact) mass is 284 g/mol. The largest absolute Gasteiger partial charge is 0.489 e. The lowest BCUT2D eigenvalue weighted by Crippen LogP contribution is -2.33. The Morgan fingerprint density at radius 2 is 1.95 bits per heavy atom. The van der Waals surface area contributed by atoms with E-state index in [-0.39, 0.29) is 5.41 Å². The molecule has 0 saturated heterocycles. The van der Waals surface area contributed by atoms with Crippen LogP contribution in [0, 0.1) is 6.92 Å². The number of ether oxygens (including phenoxy) is 1. The lowest BCUT2D eigenvalue weighted by molar-refractivity contribution is 0.00351. The van der Waals surface area contributed by atoms with Gasteiger partial charge < -0.3 is 9.84 Å². The van der Waals surface area contributed by atoms with Crippen molar-refractivity contribution in [2.24, 2.45) is 0 Å². The van der Waals surface area contributed by atoms with Gasteiger partial charge in [-0.05, 0) is 47.8 Å². The first-order chi connectivity index (χ1) is 9.78. The molecule has 21 heavy (non-hydrogen) atoms. The number of aryl methyl sites for hydroxylation is 1. The van der Waals surface area contributed by atoms with Crippen LogP contribution in [0.5, 0.6) is 5.75 Å². The van der Waals surface area contributed by atoms with Crippen LogP contribution in [-0.4, -0.2) is 11.7 Å². The summed E-state index contributed by atoms with van der Waals surface area (Å²) in [7, 11) is 0. The summed E-state index contributed by atoms with van der Waals surface area (Å²) in [4.78, 5) is 0. The molecule has 0 aliphatic carbocycles. The second kappa shape index (κ2) is 4.48. The first-order valence-electron chi connectivity index (χ1n) is 7.70. The molecule has 1 N–H and O–H groups in total. The van der Waals surface area contributed by atoms with Gasteiger partial charge in [0, 0.05) is 5.39 Å². The highest BCUT2D eigenvalue weighted by atomic mass is 16.5. The highest BCUT2D eigenvalue weighted by molar-refractivity contribution is 5.96. The van der Waals surface area contributed by atoms with Gasteiger partial charge in [-0.3, -0.25) is 0 Å². The molecule has 0 radical (unpaired) electrons. The summed E-state index contributed by atoms with van der Waals surface area (Å²) in [6, 6.07) is 8.56. The zero-order valence-corrected chi connectivity index (χ0v) is 13.6. The van der Waals surface area contributed by atoms with E-state index in [4.69, 9.17) is 4.74 Å². The summed E-state index contributed by atoms with van der Waals surface area (Å²) in [6.45, 7) is 11.0. The first-order valence-corrected chi connectivity index (χ1v) is 7.70. The van der Waals surface area contributed by atoms with Gasteiger partial charge in [0.2, 0.25) is 0 Å². The maximum absolute atomic E-state index is 10.7. The van der Waals surface area contributed by atoms with Gasteiger partial charge in [0.1, 0.15) is 18.0 Å². The van der Waals surface area contributed by atoms with E-state index in [2.05, 4.69) is 52.0 Å². The van der Waals surface area contributed by atoms with E-state index in [1.54, 1.807) is 0 Å².